The first kappa shape index (κ1) is 20.6. The van der Waals surface area contributed by atoms with Crippen LogP contribution in [0, 0.1) is 10.1 Å². The van der Waals surface area contributed by atoms with Gasteiger partial charge in [0.2, 0.25) is 0 Å². The Hall–Kier alpha value is -2.09. The minimum absolute atomic E-state index is 0.0924. The number of carbonyl (C=O) groups excluding carboxylic acids is 1. The Morgan fingerprint density at radius 2 is 2.18 bits per heavy atom. The summed E-state index contributed by atoms with van der Waals surface area (Å²) in [4.78, 5) is 27.1. The van der Waals surface area contributed by atoms with E-state index in [1.165, 1.54) is 17.8 Å². The Bertz CT molecular complexity index is 878. The van der Waals surface area contributed by atoms with Gasteiger partial charge in [0.05, 0.1) is 16.5 Å². The van der Waals surface area contributed by atoms with E-state index in [1.807, 2.05) is 6.07 Å². The first-order chi connectivity index (χ1) is 13.5. The molecular formula is C20H22ClN3O3S. The number of hydrogen-bond donors (Lipinski definition) is 1. The summed E-state index contributed by atoms with van der Waals surface area (Å²) < 4.78 is 0. The predicted octanol–water partition coefficient (Wildman–Crippen LogP) is 4.96. The average molecular weight is 420 g/mol. The van der Waals surface area contributed by atoms with Crippen molar-refractivity contribution in [3.63, 3.8) is 0 Å². The van der Waals surface area contributed by atoms with E-state index in [2.05, 4.69) is 17.1 Å². The zero-order chi connectivity index (χ0) is 20.1. The summed E-state index contributed by atoms with van der Waals surface area (Å²) in [6.07, 6.45) is 3.33. The molecule has 8 heteroatoms. The molecule has 1 aliphatic heterocycles. The lowest BCUT2D eigenvalue weighted by atomic mass is 10.2. The lowest BCUT2D eigenvalue weighted by Crippen LogP contribution is -2.40. The van der Waals surface area contributed by atoms with Crippen LogP contribution in [0.25, 0.3) is 0 Å². The second-order valence-electron chi connectivity index (χ2n) is 6.68. The van der Waals surface area contributed by atoms with E-state index in [4.69, 9.17) is 11.6 Å². The summed E-state index contributed by atoms with van der Waals surface area (Å²) in [6, 6.07) is 12.2. The van der Waals surface area contributed by atoms with E-state index in [0.717, 1.165) is 30.7 Å². The fourth-order valence-corrected chi connectivity index (χ4v) is 4.60. The fourth-order valence-electron chi connectivity index (χ4n) is 3.39. The Balaban J connectivity index is 1.72. The van der Waals surface area contributed by atoms with Crippen LogP contribution in [0.1, 0.15) is 36.5 Å². The molecule has 0 saturated carbocycles. The molecule has 2 aromatic carbocycles. The van der Waals surface area contributed by atoms with Crippen LogP contribution in [0.2, 0.25) is 5.02 Å². The summed E-state index contributed by atoms with van der Waals surface area (Å²) in [5.74, 6) is -0.302. The van der Waals surface area contributed by atoms with E-state index in [-0.39, 0.29) is 17.2 Å². The molecule has 0 aliphatic carbocycles. The molecule has 1 unspecified atom stereocenters. The Labute approximate surface area is 173 Å². The molecule has 2 aromatic rings. The molecule has 1 atom stereocenters. The third kappa shape index (κ3) is 5.04. The lowest BCUT2D eigenvalue weighted by Gasteiger charge is -2.23. The third-order valence-electron chi connectivity index (χ3n) is 4.85. The van der Waals surface area contributed by atoms with E-state index in [9.17, 15) is 14.9 Å². The van der Waals surface area contributed by atoms with Gasteiger partial charge in [-0.15, -0.1) is 0 Å². The smallest absolute Gasteiger partial charge is 0.284 e. The molecule has 1 aliphatic rings. The summed E-state index contributed by atoms with van der Waals surface area (Å²) in [5, 5.41) is 15.0. The van der Waals surface area contributed by atoms with Crippen LogP contribution in [-0.4, -0.2) is 35.0 Å². The van der Waals surface area contributed by atoms with Crippen LogP contribution in [0.5, 0.6) is 0 Å². The molecule has 3 rings (SSSR count). The van der Waals surface area contributed by atoms with Crippen LogP contribution in [-0.2, 0) is 0 Å². The number of amides is 1. The Morgan fingerprint density at radius 1 is 1.36 bits per heavy atom. The van der Waals surface area contributed by atoms with Crippen LogP contribution in [0.3, 0.4) is 0 Å². The number of nitro groups is 1. The number of carbonyl (C=O) groups is 1. The van der Waals surface area contributed by atoms with Crippen molar-refractivity contribution in [2.24, 2.45) is 0 Å². The van der Waals surface area contributed by atoms with Crippen molar-refractivity contribution in [2.75, 3.05) is 13.2 Å². The predicted molar refractivity (Wildman–Crippen MR) is 111 cm³/mol. The van der Waals surface area contributed by atoms with Gasteiger partial charge in [-0.2, -0.15) is 0 Å². The number of benzene rings is 2. The summed E-state index contributed by atoms with van der Waals surface area (Å²) in [5.41, 5.74) is 0.194. The first-order valence-electron chi connectivity index (χ1n) is 9.22. The SMILES string of the molecule is CCC1CCCN1CNC(=O)c1ccc(Sc2cccc(Cl)c2)c([N+](=O)[O-])c1. The molecule has 6 nitrogen and oxygen atoms in total. The topological polar surface area (TPSA) is 75.5 Å². The van der Waals surface area contributed by atoms with Crippen LogP contribution in [0.4, 0.5) is 5.69 Å². The maximum atomic E-state index is 12.5. The normalized spacial score (nSPS) is 16.9. The van der Waals surface area contributed by atoms with E-state index < -0.39 is 4.92 Å². The van der Waals surface area contributed by atoms with Crippen LogP contribution in [0.15, 0.2) is 52.3 Å². The molecule has 1 fully saturated rings. The monoisotopic (exact) mass is 419 g/mol. The van der Waals surface area contributed by atoms with E-state index in [1.54, 1.807) is 30.3 Å². The number of rotatable bonds is 7. The van der Waals surface area contributed by atoms with Gasteiger partial charge in [-0.1, -0.05) is 36.4 Å². The molecule has 1 amide bonds. The van der Waals surface area contributed by atoms with Crippen molar-refractivity contribution in [2.45, 2.75) is 42.0 Å². The highest BCUT2D eigenvalue weighted by Gasteiger charge is 2.24. The van der Waals surface area contributed by atoms with Crippen molar-refractivity contribution in [1.82, 2.24) is 10.2 Å². The number of likely N-dealkylation sites (tertiary alicyclic amines) is 1. The van der Waals surface area contributed by atoms with Gasteiger partial charge in [0.1, 0.15) is 0 Å². The van der Waals surface area contributed by atoms with Crippen molar-refractivity contribution < 1.29 is 9.72 Å². The van der Waals surface area contributed by atoms with E-state index >= 15 is 0 Å². The first-order valence-corrected chi connectivity index (χ1v) is 10.4. The zero-order valence-corrected chi connectivity index (χ0v) is 17.1. The van der Waals surface area contributed by atoms with Crippen molar-refractivity contribution >= 4 is 35.0 Å². The van der Waals surface area contributed by atoms with Gasteiger partial charge in [-0.3, -0.25) is 19.8 Å². The highest BCUT2D eigenvalue weighted by atomic mass is 35.5. The molecular weight excluding hydrogens is 398 g/mol. The molecule has 1 N–H and O–H groups in total. The zero-order valence-electron chi connectivity index (χ0n) is 15.6. The largest absolute Gasteiger partial charge is 0.339 e. The molecule has 148 valence electrons. The second kappa shape index (κ2) is 9.41. The van der Waals surface area contributed by atoms with Gasteiger partial charge in [0, 0.05) is 34.1 Å². The number of nitro benzene ring substituents is 1. The molecule has 0 bridgehead atoms. The maximum Gasteiger partial charge on any atom is 0.284 e. The number of nitrogens with zero attached hydrogens (tertiary/aromatic N) is 2. The Morgan fingerprint density at radius 3 is 2.89 bits per heavy atom. The molecule has 0 aromatic heterocycles. The molecule has 1 heterocycles. The summed E-state index contributed by atoms with van der Waals surface area (Å²) in [7, 11) is 0. The van der Waals surface area contributed by atoms with Crippen molar-refractivity contribution in [3.05, 3.63) is 63.2 Å². The van der Waals surface area contributed by atoms with E-state index in [0.29, 0.717) is 22.6 Å². The van der Waals surface area contributed by atoms with Gasteiger partial charge >= 0.3 is 0 Å². The third-order valence-corrected chi connectivity index (χ3v) is 6.14. The van der Waals surface area contributed by atoms with Crippen molar-refractivity contribution in [3.8, 4) is 0 Å². The number of halogens is 1. The second-order valence-corrected chi connectivity index (χ2v) is 8.23. The minimum Gasteiger partial charge on any atom is -0.339 e. The standard InChI is InChI=1S/C20H22ClN3O3S/c1-2-16-6-4-10-23(16)13-22-20(25)14-8-9-19(18(11-14)24(26)27)28-17-7-3-5-15(21)12-17/h3,5,7-9,11-12,16H,2,4,6,10,13H2,1H3,(H,22,25). The summed E-state index contributed by atoms with van der Waals surface area (Å²) in [6.45, 7) is 3.57. The number of nitrogens with one attached hydrogen (secondary N) is 1. The lowest BCUT2D eigenvalue weighted by molar-refractivity contribution is -0.387. The highest BCUT2D eigenvalue weighted by Crippen LogP contribution is 2.36. The molecule has 0 radical (unpaired) electrons. The van der Waals surface area contributed by atoms with Crippen LogP contribution >= 0.6 is 23.4 Å². The Kier molecular flexibility index (Phi) is 6.93. The van der Waals surface area contributed by atoms with Crippen molar-refractivity contribution in [1.29, 1.82) is 0 Å². The van der Waals surface area contributed by atoms with Crippen LogP contribution < -0.4 is 5.32 Å². The fraction of sp³-hybridized carbons (Fsp3) is 0.350. The number of hydrogen-bond acceptors (Lipinski definition) is 5. The van der Waals surface area contributed by atoms with Gasteiger partial charge in [-0.05, 0) is 49.6 Å². The van der Waals surface area contributed by atoms with Gasteiger partial charge in [0.15, 0.2) is 0 Å². The average Bonchev–Trinajstić information content (AvgIpc) is 3.14. The van der Waals surface area contributed by atoms with Gasteiger partial charge in [-0.25, -0.2) is 0 Å². The maximum absolute atomic E-state index is 12.5. The molecule has 1 saturated heterocycles. The highest BCUT2D eigenvalue weighted by molar-refractivity contribution is 7.99. The minimum atomic E-state index is -0.461. The van der Waals surface area contributed by atoms with Gasteiger partial charge in [0.25, 0.3) is 11.6 Å². The van der Waals surface area contributed by atoms with Gasteiger partial charge < -0.3 is 5.32 Å². The molecule has 28 heavy (non-hydrogen) atoms. The molecule has 0 spiro atoms. The summed E-state index contributed by atoms with van der Waals surface area (Å²) >= 11 is 7.23. The quantitative estimate of drug-likeness (QED) is 0.507.